The van der Waals surface area contributed by atoms with Crippen LogP contribution in [0.5, 0.6) is 0 Å². The molecule has 1 aliphatic heterocycles. The Morgan fingerprint density at radius 3 is 2.67 bits per heavy atom. The molecule has 0 unspecified atom stereocenters. The van der Waals surface area contributed by atoms with Crippen molar-refractivity contribution < 1.29 is 4.39 Å². The second-order valence-corrected chi connectivity index (χ2v) is 7.68. The highest BCUT2D eigenvalue weighted by Gasteiger charge is 2.45. The molecule has 0 aromatic heterocycles. The van der Waals surface area contributed by atoms with Crippen molar-refractivity contribution in [2.24, 2.45) is 0 Å². The van der Waals surface area contributed by atoms with Crippen LogP contribution in [0.1, 0.15) is 45.1 Å². The maximum atomic E-state index is 13.3. The summed E-state index contributed by atoms with van der Waals surface area (Å²) in [5, 5.41) is 3.92. The summed E-state index contributed by atoms with van der Waals surface area (Å²) in [6.45, 7) is 7.42. The molecule has 2 fully saturated rings. The first-order valence-electron chi connectivity index (χ1n) is 7.84. The number of piperazine rings is 1. The number of nitrogens with zero attached hydrogens (tertiary/aromatic N) is 1. The normalized spacial score (nSPS) is 24.6. The first-order valence-corrected chi connectivity index (χ1v) is 8.22. The topological polar surface area (TPSA) is 15.3 Å². The zero-order chi connectivity index (χ0) is 15.1. The fourth-order valence-corrected chi connectivity index (χ4v) is 4.03. The van der Waals surface area contributed by atoms with Crippen LogP contribution in [-0.4, -0.2) is 29.1 Å². The molecule has 21 heavy (non-hydrogen) atoms. The number of nitrogens with one attached hydrogen (secondary N) is 1. The van der Waals surface area contributed by atoms with Gasteiger partial charge in [-0.15, -0.1) is 0 Å². The number of rotatable bonds is 2. The van der Waals surface area contributed by atoms with Gasteiger partial charge in [0.1, 0.15) is 5.82 Å². The van der Waals surface area contributed by atoms with Crippen LogP contribution in [0.3, 0.4) is 0 Å². The van der Waals surface area contributed by atoms with Crippen LogP contribution in [0.2, 0.25) is 5.02 Å². The predicted octanol–water partition coefficient (Wildman–Crippen LogP) is 3.98. The third kappa shape index (κ3) is 3.10. The largest absolute Gasteiger partial charge is 0.309 e. The van der Waals surface area contributed by atoms with Gasteiger partial charge in [0, 0.05) is 30.7 Å². The lowest BCUT2D eigenvalue weighted by atomic mass is 9.86. The molecule has 1 N–H and O–H groups in total. The summed E-state index contributed by atoms with van der Waals surface area (Å²) in [6.07, 6.45) is 5.13. The van der Waals surface area contributed by atoms with Crippen LogP contribution in [-0.2, 0) is 6.54 Å². The fourth-order valence-electron chi connectivity index (χ4n) is 3.82. The quantitative estimate of drug-likeness (QED) is 0.889. The average Bonchev–Trinajstić information content (AvgIpc) is 2.89. The molecular formula is C17H24ClFN2. The smallest absolute Gasteiger partial charge is 0.141 e. The molecule has 0 radical (unpaired) electrons. The highest BCUT2D eigenvalue weighted by molar-refractivity contribution is 6.30. The minimum Gasteiger partial charge on any atom is -0.309 e. The Hall–Kier alpha value is -0.640. The zero-order valence-corrected chi connectivity index (χ0v) is 13.6. The van der Waals surface area contributed by atoms with Gasteiger partial charge in [-0.25, -0.2) is 4.39 Å². The second kappa shape index (κ2) is 5.53. The van der Waals surface area contributed by atoms with Crippen molar-refractivity contribution >= 4 is 11.6 Å². The molecule has 2 nitrogen and oxygen atoms in total. The van der Waals surface area contributed by atoms with E-state index in [1.54, 1.807) is 6.07 Å². The van der Waals surface area contributed by atoms with Crippen LogP contribution >= 0.6 is 11.6 Å². The van der Waals surface area contributed by atoms with Gasteiger partial charge in [0.2, 0.25) is 0 Å². The Morgan fingerprint density at radius 2 is 2.00 bits per heavy atom. The summed E-state index contributed by atoms with van der Waals surface area (Å²) < 4.78 is 13.3. The van der Waals surface area contributed by atoms with Crippen molar-refractivity contribution in [1.29, 1.82) is 0 Å². The summed E-state index contributed by atoms with van der Waals surface area (Å²) in [7, 11) is 0. The third-order valence-electron chi connectivity index (χ3n) is 5.04. The summed E-state index contributed by atoms with van der Waals surface area (Å²) in [6, 6.07) is 5.11. The minimum absolute atomic E-state index is 0.123. The first kappa shape index (κ1) is 15.3. The van der Waals surface area contributed by atoms with Crippen LogP contribution < -0.4 is 5.32 Å². The molecule has 0 amide bonds. The predicted molar refractivity (Wildman–Crippen MR) is 85.1 cm³/mol. The second-order valence-electron chi connectivity index (χ2n) is 7.27. The van der Waals surface area contributed by atoms with Crippen molar-refractivity contribution in [2.75, 3.05) is 13.1 Å². The summed E-state index contributed by atoms with van der Waals surface area (Å²) in [4.78, 5) is 2.60. The number of hydrogen-bond acceptors (Lipinski definition) is 2. The standard InChI is InChI=1S/C17H24ClFN2/c1-16(2)12-21(17(11-20-16)7-3-4-8-17)10-13-5-6-15(19)14(18)9-13/h5-6,9,20H,3-4,7-8,10-12H2,1-2H3. The van der Waals surface area contributed by atoms with E-state index in [0.29, 0.717) is 0 Å². The lowest BCUT2D eigenvalue weighted by molar-refractivity contribution is 0.0122. The van der Waals surface area contributed by atoms with E-state index in [1.165, 1.54) is 31.7 Å². The Bertz CT molecular complexity index is 524. The molecule has 116 valence electrons. The highest BCUT2D eigenvalue weighted by atomic mass is 35.5. The van der Waals surface area contributed by atoms with E-state index in [0.717, 1.165) is 25.2 Å². The van der Waals surface area contributed by atoms with Gasteiger partial charge in [-0.2, -0.15) is 0 Å². The van der Waals surface area contributed by atoms with Gasteiger partial charge >= 0.3 is 0 Å². The van der Waals surface area contributed by atoms with Crippen LogP contribution in [0, 0.1) is 5.82 Å². The summed E-state index contributed by atoms with van der Waals surface area (Å²) in [5.41, 5.74) is 1.50. The molecule has 0 bridgehead atoms. The molecule has 1 spiro atoms. The van der Waals surface area contributed by atoms with E-state index in [-0.39, 0.29) is 21.9 Å². The van der Waals surface area contributed by atoms with Crippen molar-refractivity contribution in [1.82, 2.24) is 10.2 Å². The average molecular weight is 311 g/mol. The van der Waals surface area contributed by atoms with E-state index in [2.05, 4.69) is 24.1 Å². The van der Waals surface area contributed by atoms with Crippen molar-refractivity contribution in [3.8, 4) is 0 Å². The van der Waals surface area contributed by atoms with E-state index >= 15 is 0 Å². The minimum atomic E-state index is -0.336. The Morgan fingerprint density at radius 1 is 1.29 bits per heavy atom. The van der Waals surface area contributed by atoms with Crippen molar-refractivity contribution in [2.45, 2.75) is 57.2 Å². The van der Waals surface area contributed by atoms with Crippen LogP contribution in [0.15, 0.2) is 18.2 Å². The van der Waals surface area contributed by atoms with E-state index in [4.69, 9.17) is 11.6 Å². The monoisotopic (exact) mass is 310 g/mol. The summed E-state index contributed by atoms with van der Waals surface area (Å²) in [5.74, 6) is -0.336. The lowest BCUT2D eigenvalue weighted by Gasteiger charge is -2.51. The lowest BCUT2D eigenvalue weighted by Crippen LogP contribution is -2.66. The molecule has 2 aliphatic rings. The maximum absolute atomic E-state index is 13.3. The molecule has 3 rings (SSSR count). The van der Waals surface area contributed by atoms with Crippen molar-refractivity contribution in [3.63, 3.8) is 0 Å². The van der Waals surface area contributed by atoms with Crippen molar-refractivity contribution in [3.05, 3.63) is 34.6 Å². The van der Waals surface area contributed by atoms with E-state index in [9.17, 15) is 4.39 Å². The molecule has 1 aromatic rings. The van der Waals surface area contributed by atoms with Crippen LogP contribution in [0.25, 0.3) is 0 Å². The Labute approximate surface area is 131 Å². The number of halogens is 2. The van der Waals surface area contributed by atoms with Gasteiger partial charge in [0.05, 0.1) is 5.02 Å². The number of benzene rings is 1. The molecule has 1 aromatic carbocycles. The number of hydrogen-bond donors (Lipinski definition) is 1. The molecular weight excluding hydrogens is 287 g/mol. The van der Waals surface area contributed by atoms with Gasteiger partial charge in [0.25, 0.3) is 0 Å². The van der Waals surface area contributed by atoms with E-state index < -0.39 is 0 Å². The maximum Gasteiger partial charge on any atom is 0.141 e. The van der Waals surface area contributed by atoms with Gasteiger partial charge in [-0.05, 0) is 44.4 Å². The summed E-state index contributed by atoms with van der Waals surface area (Å²) >= 11 is 5.93. The fraction of sp³-hybridized carbons (Fsp3) is 0.647. The highest BCUT2D eigenvalue weighted by Crippen LogP contribution is 2.39. The van der Waals surface area contributed by atoms with Gasteiger partial charge in [-0.1, -0.05) is 30.5 Å². The molecule has 1 heterocycles. The molecule has 4 heteroatoms. The van der Waals surface area contributed by atoms with Gasteiger partial charge in [-0.3, -0.25) is 4.90 Å². The Balaban J connectivity index is 1.83. The van der Waals surface area contributed by atoms with Gasteiger partial charge in [0.15, 0.2) is 0 Å². The molecule has 0 atom stereocenters. The SMILES string of the molecule is CC1(C)CN(Cc2ccc(F)c(Cl)c2)C2(CCCC2)CN1. The molecule has 1 saturated heterocycles. The molecule has 1 aliphatic carbocycles. The Kier molecular flexibility index (Phi) is 4.02. The van der Waals surface area contributed by atoms with E-state index in [1.807, 2.05) is 6.07 Å². The molecule has 1 saturated carbocycles. The first-order chi connectivity index (χ1) is 9.90. The van der Waals surface area contributed by atoms with Crippen LogP contribution in [0.4, 0.5) is 4.39 Å². The third-order valence-corrected chi connectivity index (χ3v) is 5.33. The zero-order valence-electron chi connectivity index (χ0n) is 12.9. The van der Waals surface area contributed by atoms with Gasteiger partial charge < -0.3 is 5.32 Å².